The molecule has 0 aromatic heterocycles. The quantitative estimate of drug-likeness (QED) is 0.592. The van der Waals surface area contributed by atoms with Crippen molar-refractivity contribution in [3.8, 4) is 0 Å². The van der Waals surface area contributed by atoms with Crippen molar-refractivity contribution in [2.75, 3.05) is 39.9 Å². The zero-order valence-corrected chi connectivity index (χ0v) is 11.0. The highest BCUT2D eigenvalue weighted by atomic mass is 16.5. The summed E-state index contributed by atoms with van der Waals surface area (Å²) in [6.45, 7) is 14.2. The van der Waals surface area contributed by atoms with Gasteiger partial charge in [-0.2, -0.15) is 0 Å². The zero-order chi connectivity index (χ0) is 11.7. The van der Waals surface area contributed by atoms with Crippen LogP contribution >= 0.6 is 0 Å². The van der Waals surface area contributed by atoms with Gasteiger partial charge in [0.05, 0.1) is 6.61 Å². The molecule has 0 rings (SSSR count). The van der Waals surface area contributed by atoms with Crippen LogP contribution in [-0.4, -0.2) is 50.8 Å². The first-order valence-corrected chi connectivity index (χ1v) is 6.05. The van der Waals surface area contributed by atoms with E-state index < -0.39 is 0 Å². The predicted octanol–water partition coefficient (Wildman–Crippen LogP) is 1.59. The summed E-state index contributed by atoms with van der Waals surface area (Å²) in [5.74, 6) is 0.742. The summed E-state index contributed by atoms with van der Waals surface area (Å²) in [7, 11) is 1.74. The molecule has 0 bridgehead atoms. The molecule has 92 valence electrons. The lowest BCUT2D eigenvalue weighted by Gasteiger charge is -2.29. The van der Waals surface area contributed by atoms with E-state index in [9.17, 15) is 0 Å². The topological polar surface area (TPSA) is 24.5 Å². The molecule has 0 fully saturated rings. The number of likely N-dealkylation sites (N-methyl/N-ethyl adjacent to an activating group) is 1. The molecule has 0 amide bonds. The molecule has 0 spiro atoms. The predicted molar refractivity (Wildman–Crippen MR) is 66.3 cm³/mol. The van der Waals surface area contributed by atoms with Crippen LogP contribution in [-0.2, 0) is 4.74 Å². The molecule has 0 radical (unpaired) electrons. The summed E-state index contributed by atoms with van der Waals surface area (Å²) in [5.41, 5.74) is 0. The second-order valence-corrected chi connectivity index (χ2v) is 4.53. The van der Waals surface area contributed by atoms with Crippen molar-refractivity contribution in [1.29, 1.82) is 0 Å². The Morgan fingerprint density at radius 2 is 1.93 bits per heavy atom. The average molecular weight is 216 g/mol. The molecule has 0 aliphatic heterocycles. The van der Waals surface area contributed by atoms with Gasteiger partial charge in [-0.1, -0.05) is 20.8 Å². The van der Waals surface area contributed by atoms with Crippen molar-refractivity contribution < 1.29 is 4.74 Å². The molecule has 1 atom stereocenters. The number of ether oxygens (including phenoxy) is 1. The zero-order valence-electron chi connectivity index (χ0n) is 11.0. The highest BCUT2D eigenvalue weighted by Crippen LogP contribution is 2.03. The summed E-state index contributed by atoms with van der Waals surface area (Å²) >= 11 is 0. The van der Waals surface area contributed by atoms with Crippen LogP contribution in [0.4, 0.5) is 0 Å². The van der Waals surface area contributed by atoms with Crippen LogP contribution in [0.2, 0.25) is 0 Å². The van der Waals surface area contributed by atoms with E-state index in [1.807, 2.05) is 0 Å². The summed E-state index contributed by atoms with van der Waals surface area (Å²) in [5, 5.41) is 3.41. The fourth-order valence-electron chi connectivity index (χ4n) is 1.70. The summed E-state index contributed by atoms with van der Waals surface area (Å²) in [6.07, 6.45) is 0. The molecule has 0 aromatic rings. The monoisotopic (exact) mass is 216 g/mol. The van der Waals surface area contributed by atoms with Crippen molar-refractivity contribution in [2.45, 2.75) is 33.7 Å². The molecule has 0 saturated heterocycles. The van der Waals surface area contributed by atoms with E-state index in [2.05, 4.69) is 37.9 Å². The van der Waals surface area contributed by atoms with Gasteiger partial charge in [0.2, 0.25) is 0 Å². The van der Waals surface area contributed by atoms with Crippen molar-refractivity contribution in [2.24, 2.45) is 5.92 Å². The molecule has 0 aromatic carbocycles. The third-order valence-corrected chi connectivity index (χ3v) is 2.55. The highest BCUT2D eigenvalue weighted by Gasteiger charge is 2.12. The van der Waals surface area contributed by atoms with Gasteiger partial charge in [-0.3, -0.25) is 4.90 Å². The van der Waals surface area contributed by atoms with Crippen LogP contribution in [0, 0.1) is 5.92 Å². The van der Waals surface area contributed by atoms with Crippen LogP contribution in [0.15, 0.2) is 0 Å². The van der Waals surface area contributed by atoms with Crippen molar-refractivity contribution >= 4 is 0 Å². The smallest absolute Gasteiger partial charge is 0.0587 e. The molecule has 1 unspecified atom stereocenters. The lowest BCUT2D eigenvalue weighted by molar-refractivity contribution is 0.176. The third-order valence-electron chi connectivity index (χ3n) is 2.55. The maximum atomic E-state index is 5.00. The Hall–Kier alpha value is -0.120. The molecule has 0 aliphatic carbocycles. The van der Waals surface area contributed by atoms with Gasteiger partial charge in [0.1, 0.15) is 0 Å². The van der Waals surface area contributed by atoms with Gasteiger partial charge in [-0.05, 0) is 19.4 Å². The van der Waals surface area contributed by atoms with Crippen LogP contribution in [0.5, 0.6) is 0 Å². The van der Waals surface area contributed by atoms with Gasteiger partial charge in [0.25, 0.3) is 0 Å². The molecule has 0 aliphatic rings. The van der Waals surface area contributed by atoms with Crippen molar-refractivity contribution in [1.82, 2.24) is 10.2 Å². The van der Waals surface area contributed by atoms with E-state index in [1.54, 1.807) is 7.11 Å². The maximum Gasteiger partial charge on any atom is 0.0587 e. The summed E-state index contributed by atoms with van der Waals surface area (Å²) in [4.78, 5) is 2.52. The van der Waals surface area contributed by atoms with Gasteiger partial charge in [-0.25, -0.2) is 0 Å². The van der Waals surface area contributed by atoms with Gasteiger partial charge < -0.3 is 10.1 Å². The fourth-order valence-corrected chi connectivity index (χ4v) is 1.70. The average Bonchev–Trinajstić information content (AvgIpc) is 2.20. The number of methoxy groups -OCH3 is 1. The first-order valence-electron chi connectivity index (χ1n) is 6.05. The molecule has 0 saturated carbocycles. The van der Waals surface area contributed by atoms with Gasteiger partial charge in [-0.15, -0.1) is 0 Å². The maximum absolute atomic E-state index is 5.00. The molecule has 0 heterocycles. The minimum atomic E-state index is 0.606. The molecular weight excluding hydrogens is 188 g/mol. The van der Waals surface area contributed by atoms with E-state index in [-0.39, 0.29) is 0 Å². The third kappa shape index (κ3) is 7.77. The largest absolute Gasteiger partial charge is 0.383 e. The summed E-state index contributed by atoms with van der Waals surface area (Å²) in [6, 6.07) is 0.606. The Balaban J connectivity index is 3.68. The standard InChI is InChI=1S/C12H28N2O/c1-6-14(10-11(2)3)12(4)9-13-7-8-15-5/h11-13H,6-10H2,1-5H3. The van der Waals surface area contributed by atoms with Gasteiger partial charge in [0, 0.05) is 32.8 Å². The Kier molecular flexibility index (Phi) is 9.06. The van der Waals surface area contributed by atoms with Crippen LogP contribution in [0.1, 0.15) is 27.7 Å². The van der Waals surface area contributed by atoms with E-state index in [0.29, 0.717) is 6.04 Å². The van der Waals surface area contributed by atoms with Gasteiger partial charge >= 0.3 is 0 Å². The molecule has 3 nitrogen and oxygen atoms in total. The number of rotatable bonds is 9. The first kappa shape index (κ1) is 14.9. The van der Waals surface area contributed by atoms with Crippen molar-refractivity contribution in [3.05, 3.63) is 0 Å². The molecule has 3 heteroatoms. The number of nitrogens with one attached hydrogen (secondary N) is 1. The van der Waals surface area contributed by atoms with Crippen LogP contribution in [0.3, 0.4) is 0 Å². The van der Waals surface area contributed by atoms with E-state index in [4.69, 9.17) is 4.74 Å². The Morgan fingerprint density at radius 3 is 2.40 bits per heavy atom. The highest BCUT2D eigenvalue weighted by molar-refractivity contribution is 4.69. The fraction of sp³-hybridized carbons (Fsp3) is 1.00. The Labute approximate surface area is 95.2 Å². The molecular formula is C12H28N2O. The number of hydrogen-bond acceptors (Lipinski definition) is 3. The number of hydrogen-bond donors (Lipinski definition) is 1. The van der Waals surface area contributed by atoms with E-state index >= 15 is 0 Å². The van der Waals surface area contributed by atoms with Crippen LogP contribution < -0.4 is 5.32 Å². The van der Waals surface area contributed by atoms with Crippen molar-refractivity contribution in [3.63, 3.8) is 0 Å². The normalized spacial score (nSPS) is 13.8. The number of nitrogens with zero attached hydrogens (tertiary/aromatic N) is 1. The van der Waals surface area contributed by atoms with E-state index in [1.165, 1.54) is 6.54 Å². The van der Waals surface area contributed by atoms with Gasteiger partial charge in [0.15, 0.2) is 0 Å². The lowest BCUT2D eigenvalue weighted by Crippen LogP contribution is -2.42. The molecule has 1 N–H and O–H groups in total. The summed E-state index contributed by atoms with van der Waals surface area (Å²) < 4.78 is 5.00. The Bertz CT molecular complexity index is 140. The first-order chi connectivity index (χ1) is 7.11. The SMILES string of the molecule is CCN(CC(C)C)C(C)CNCCOC. The molecule has 15 heavy (non-hydrogen) atoms. The van der Waals surface area contributed by atoms with E-state index in [0.717, 1.165) is 32.2 Å². The Morgan fingerprint density at radius 1 is 1.27 bits per heavy atom. The van der Waals surface area contributed by atoms with Crippen LogP contribution in [0.25, 0.3) is 0 Å². The second kappa shape index (κ2) is 9.13. The minimum absolute atomic E-state index is 0.606. The minimum Gasteiger partial charge on any atom is -0.383 e. The lowest BCUT2D eigenvalue weighted by atomic mass is 10.1. The second-order valence-electron chi connectivity index (χ2n) is 4.53.